The molecule has 1 atom stereocenters. The molecule has 1 N–H and O–H groups in total. The van der Waals surface area contributed by atoms with E-state index in [0.717, 1.165) is 12.1 Å². The number of carbonyl (C=O) groups is 1. The third-order valence-corrected chi connectivity index (χ3v) is 2.91. The zero-order valence-electron chi connectivity index (χ0n) is 11.1. The van der Waals surface area contributed by atoms with Gasteiger partial charge in [0.1, 0.15) is 6.04 Å². The number of likely N-dealkylation sites (N-methyl/N-ethyl adjacent to an activating group) is 1. The van der Waals surface area contributed by atoms with Gasteiger partial charge < -0.3 is 10.2 Å². The molecule has 0 aromatic heterocycles. The Morgan fingerprint density at radius 3 is 2.56 bits per heavy atom. The van der Waals surface area contributed by atoms with Gasteiger partial charge in [-0.05, 0) is 37.6 Å². The van der Waals surface area contributed by atoms with Crippen molar-refractivity contribution in [2.75, 3.05) is 18.5 Å². The van der Waals surface area contributed by atoms with E-state index in [-0.39, 0.29) is 11.9 Å². The van der Waals surface area contributed by atoms with Gasteiger partial charge in [-0.25, -0.2) is 0 Å². The van der Waals surface area contributed by atoms with Gasteiger partial charge in [-0.15, -0.1) is 0 Å². The van der Waals surface area contributed by atoms with Crippen LogP contribution in [0.15, 0.2) is 24.3 Å². The van der Waals surface area contributed by atoms with Gasteiger partial charge in [0.05, 0.1) is 11.6 Å². The number of nitrogens with one attached hydrogen (secondary N) is 1. The number of nitrogens with zero attached hydrogens (tertiary/aromatic N) is 2. The number of hydrogen-bond donors (Lipinski definition) is 1. The molecule has 1 rings (SSSR count). The van der Waals surface area contributed by atoms with Crippen molar-refractivity contribution in [2.45, 2.75) is 26.3 Å². The molecular formula is C14H19N3O. The molecule has 1 unspecified atom stereocenters. The van der Waals surface area contributed by atoms with Crippen LogP contribution in [-0.4, -0.2) is 25.5 Å². The molecule has 0 aliphatic heterocycles. The van der Waals surface area contributed by atoms with Gasteiger partial charge in [-0.1, -0.05) is 6.92 Å². The summed E-state index contributed by atoms with van der Waals surface area (Å²) in [7, 11) is 1.87. The van der Waals surface area contributed by atoms with Gasteiger partial charge in [0, 0.05) is 19.3 Å². The topological polar surface area (TPSA) is 56.1 Å². The first kappa shape index (κ1) is 14.0. The second-order valence-electron chi connectivity index (χ2n) is 4.24. The summed E-state index contributed by atoms with van der Waals surface area (Å²) in [6.45, 7) is 4.59. The summed E-state index contributed by atoms with van der Waals surface area (Å²) in [6, 6.07) is 9.05. The number of nitriles is 1. The number of benzene rings is 1. The Bertz CT molecular complexity index is 433. The average molecular weight is 245 g/mol. The predicted octanol–water partition coefficient (Wildman–Crippen LogP) is 1.91. The first-order chi connectivity index (χ1) is 8.60. The van der Waals surface area contributed by atoms with Gasteiger partial charge in [-0.3, -0.25) is 4.79 Å². The zero-order valence-corrected chi connectivity index (χ0v) is 11.1. The molecule has 0 radical (unpaired) electrons. The molecule has 0 aliphatic rings. The van der Waals surface area contributed by atoms with Crippen LogP contribution in [0.4, 0.5) is 5.69 Å². The van der Waals surface area contributed by atoms with Gasteiger partial charge in [0.25, 0.3) is 0 Å². The van der Waals surface area contributed by atoms with E-state index in [9.17, 15) is 4.79 Å². The second kappa shape index (κ2) is 6.65. The molecular weight excluding hydrogens is 226 g/mol. The number of carbonyl (C=O) groups excluding carboxylic acids is 1. The van der Waals surface area contributed by atoms with Crippen molar-refractivity contribution in [3.05, 3.63) is 29.8 Å². The van der Waals surface area contributed by atoms with E-state index in [1.807, 2.05) is 37.9 Å². The van der Waals surface area contributed by atoms with Crippen LogP contribution >= 0.6 is 0 Å². The summed E-state index contributed by atoms with van der Waals surface area (Å²) in [5.41, 5.74) is 1.54. The number of anilines is 1. The SMILES string of the molecule is CCCNC(=O)C(C)N(C)c1ccc(C#N)cc1. The van der Waals surface area contributed by atoms with Crippen molar-refractivity contribution in [2.24, 2.45) is 0 Å². The second-order valence-corrected chi connectivity index (χ2v) is 4.24. The molecule has 4 nitrogen and oxygen atoms in total. The molecule has 1 amide bonds. The molecule has 0 fully saturated rings. The Hall–Kier alpha value is -2.02. The summed E-state index contributed by atoms with van der Waals surface area (Å²) >= 11 is 0. The maximum absolute atomic E-state index is 11.8. The van der Waals surface area contributed by atoms with Gasteiger partial charge in [0.15, 0.2) is 0 Å². The maximum atomic E-state index is 11.8. The molecule has 18 heavy (non-hydrogen) atoms. The first-order valence-corrected chi connectivity index (χ1v) is 6.10. The molecule has 1 aromatic carbocycles. The van der Waals surface area contributed by atoms with Crippen LogP contribution in [-0.2, 0) is 4.79 Å². The van der Waals surface area contributed by atoms with E-state index in [4.69, 9.17) is 5.26 Å². The largest absolute Gasteiger partial charge is 0.363 e. The smallest absolute Gasteiger partial charge is 0.242 e. The molecule has 0 saturated carbocycles. The summed E-state index contributed by atoms with van der Waals surface area (Å²) in [6.07, 6.45) is 0.930. The normalized spacial score (nSPS) is 11.4. The van der Waals surface area contributed by atoms with Crippen LogP contribution in [0.2, 0.25) is 0 Å². The summed E-state index contributed by atoms with van der Waals surface area (Å²) in [5.74, 6) is 0.0173. The van der Waals surface area contributed by atoms with Crippen LogP contribution in [0.3, 0.4) is 0 Å². The third-order valence-electron chi connectivity index (χ3n) is 2.91. The van der Waals surface area contributed by atoms with Crippen LogP contribution in [0, 0.1) is 11.3 Å². The predicted molar refractivity (Wildman–Crippen MR) is 72.3 cm³/mol. The third kappa shape index (κ3) is 3.49. The Balaban J connectivity index is 2.70. The maximum Gasteiger partial charge on any atom is 0.242 e. The lowest BCUT2D eigenvalue weighted by atomic mass is 10.2. The quantitative estimate of drug-likeness (QED) is 0.862. The van der Waals surface area contributed by atoms with E-state index in [1.165, 1.54) is 0 Å². The van der Waals surface area contributed by atoms with Crippen molar-refractivity contribution in [3.63, 3.8) is 0 Å². The summed E-state index contributed by atoms with van der Waals surface area (Å²) < 4.78 is 0. The van der Waals surface area contributed by atoms with Gasteiger partial charge in [-0.2, -0.15) is 5.26 Å². The van der Waals surface area contributed by atoms with E-state index in [1.54, 1.807) is 12.1 Å². The van der Waals surface area contributed by atoms with Crippen molar-refractivity contribution >= 4 is 11.6 Å². The van der Waals surface area contributed by atoms with Crippen LogP contribution < -0.4 is 10.2 Å². The fourth-order valence-corrected chi connectivity index (χ4v) is 1.57. The lowest BCUT2D eigenvalue weighted by molar-refractivity contribution is -0.121. The number of amides is 1. The highest BCUT2D eigenvalue weighted by Gasteiger charge is 2.17. The molecule has 0 bridgehead atoms. The minimum Gasteiger partial charge on any atom is -0.363 e. The molecule has 0 saturated heterocycles. The number of hydrogen-bond acceptors (Lipinski definition) is 3. The minimum atomic E-state index is -0.232. The molecule has 96 valence electrons. The van der Waals surface area contributed by atoms with E-state index in [0.29, 0.717) is 12.1 Å². The monoisotopic (exact) mass is 245 g/mol. The van der Waals surface area contributed by atoms with Crippen molar-refractivity contribution in [1.82, 2.24) is 5.32 Å². The van der Waals surface area contributed by atoms with Crippen molar-refractivity contribution < 1.29 is 4.79 Å². The van der Waals surface area contributed by atoms with Crippen LogP contribution in [0.25, 0.3) is 0 Å². The van der Waals surface area contributed by atoms with Gasteiger partial charge in [0.2, 0.25) is 5.91 Å². The Labute approximate surface area is 108 Å². The van der Waals surface area contributed by atoms with Crippen molar-refractivity contribution in [1.29, 1.82) is 5.26 Å². The lowest BCUT2D eigenvalue weighted by Crippen LogP contribution is -2.43. The highest BCUT2D eigenvalue weighted by Crippen LogP contribution is 2.15. The minimum absolute atomic E-state index is 0.0173. The Morgan fingerprint density at radius 1 is 1.44 bits per heavy atom. The molecule has 0 heterocycles. The van der Waals surface area contributed by atoms with E-state index in [2.05, 4.69) is 11.4 Å². The van der Waals surface area contributed by atoms with Crippen molar-refractivity contribution in [3.8, 4) is 6.07 Å². The summed E-state index contributed by atoms with van der Waals surface area (Å²) in [4.78, 5) is 13.7. The fourth-order valence-electron chi connectivity index (χ4n) is 1.57. The van der Waals surface area contributed by atoms with Crippen LogP contribution in [0.1, 0.15) is 25.8 Å². The Kier molecular flexibility index (Phi) is 5.19. The average Bonchev–Trinajstić information content (AvgIpc) is 2.43. The highest BCUT2D eigenvalue weighted by molar-refractivity contribution is 5.84. The van der Waals surface area contributed by atoms with E-state index < -0.39 is 0 Å². The zero-order chi connectivity index (χ0) is 13.5. The highest BCUT2D eigenvalue weighted by atomic mass is 16.2. The van der Waals surface area contributed by atoms with Gasteiger partial charge >= 0.3 is 0 Å². The molecule has 1 aromatic rings. The fraction of sp³-hybridized carbons (Fsp3) is 0.429. The Morgan fingerprint density at radius 2 is 2.06 bits per heavy atom. The number of rotatable bonds is 5. The standard InChI is InChI=1S/C14H19N3O/c1-4-9-16-14(18)11(2)17(3)13-7-5-12(10-15)6-8-13/h5-8,11H,4,9H2,1-3H3,(H,16,18). The first-order valence-electron chi connectivity index (χ1n) is 6.10. The van der Waals surface area contributed by atoms with E-state index >= 15 is 0 Å². The lowest BCUT2D eigenvalue weighted by Gasteiger charge is -2.26. The van der Waals surface area contributed by atoms with Crippen LogP contribution in [0.5, 0.6) is 0 Å². The molecule has 0 aliphatic carbocycles. The summed E-state index contributed by atoms with van der Waals surface area (Å²) in [5, 5.41) is 11.6. The molecule has 0 spiro atoms. The molecule has 4 heteroatoms.